The Hall–Kier alpha value is -3.15. The number of anilines is 2. The fraction of sp³-hybridized carbons (Fsp3) is 0.211. The van der Waals surface area contributed by atoms with Crippen LogP contribution in [-0.4, -0.2) is 24.3 Å². The first kappa shape index (κ1) is 18.2. The normalized spacial score (nSPS) is 10.0. The number of hydrogen-bond donors (Lipinski definition) is 3. The van der Waals surface area contributed by atoms with Crippen molar-refractivity contribution < 1.29 is 14.4 Å². The van der Waals surface area contributed by atoms with Gasteiger partial charge >= 0.3 is 11.8 Å². The van der Waals surface area contributed by atoms with Crippen LogP contribution >= 0.6 is 0 Å². The molecule has 0 spiro atoms. The second kappa shape index (κ2) is 8.10. The van der Waals surface area contributed by atoms with Gasteiger partial charge in [0.1, 0.15) is 0 Å². The second-order valence-corrected chi connectivity index (χ2v) is 5.88. The number of carbonyl (C=O) groups is 3. The number of nitrogens with one attached hydrogen (secondary N) is 3. The minimum absolute atomic E-state index is 0.284. The molecule has 2 aromatic rings. The molecule has 0 aliphatic heterocycles. The second-order valence-electron chi connectivity index (χ2n) is 5.88. The van der Waals surface area contributed by atoms with Crippen molar-refractivity contribution in [2.45, 2.75) is 20.8 Å². The minimum Gasteiger partial charge on any atom is -0.339 e. The van der Waals surface area contributed by atoms with E-state index in [0.717, 1.165) is 16.7 Å². The highest BCUT2D eigenvalue weighted by Crippen LogP contribution is 2.14. The van der Waals surface area contributed by atoms with Gasteiger partial charge in [-0.25, -0.2) is 0 Å². The van der Waals surface area contributed by atoms with Crippen LogP contribution in [0, 0.1) is 20.8 Å². The Morgan fingerprint density at radius 3 is 2.12 bits per heavy atom. The van der Waals surface area contributed by atoms with Crippen molar-refractivity contribution in [2.24, 2.45) is 0 Å². The molecule has 0 fully saturated rings. The summed E-state index contributed by atoms with van der Waals surface area (Å²) in [5, 5.41) is 7.52. The van der Waals surface area contributed by atoms with E-state index in [1.165, 1.54) is 0 Å². The maximum absolute atomic E-state index is 11.9. The van der Waals surface area contributed by atoms with Crippen molar-refractivity contribution in [2.75, 3.05) is 17.2 Å². The number of hydrogen-bond acceptors (Lipinski definition) is 3. The topological polar surface area (TPSA) is 87.3 Å². The quantitative estimate of drug-likeness (QED) is 0.747. The molecule has 0 bridgehead atoms. The molecule has 0 aliphatic rings. The van der Waals surface area contributed by atoms with Crippen LogP contribution in [0.3, 0.4) is 0 Å². The van der Waals surface area contributed by atoms with E-state index in [0.29, 0.717) is 11.4 Å². The van der Waals surface area contributed by atoms with Crippen LogP contribution in [0.15, 0.2) is 42.5 Å². The van der Waals surface area contributed by atoms with Crippen molar-refractivity contribution in [3.63, 3.8) is 0 Å². The standard InChI is InChI=1S/C19H21N3O3/c1-12-8-13(2)10-15(9-12)21-19(25)18(24)20-11-17(23)22-16-7-5-4-6-14(16)3/h4-10H,11H2,1-3H3,(H,20,24)(H,21,25)(H,22,23). The van der Waals surface area contributed by atoms with Crippen molar-refractivity contribution in [3.8, 4) is 0 Å². The Labute approximate surface area is 146 Å². The third kappa shape index (κ3) is 5.46. The predicted octanol–water partition coefficient (Wildman–Crippen LogP) is 2.31. The van der Waals surface area contributed by atoms with Crippen LogP contribution in [0.4, 0.5) is 11.4 Å². The number of aryl methyl sites for hydroxylation is 3. The summed E-state index contributed by atoms with van der Waals surface area (Å²) in [6, 6.07) is 12.8. The first-order chi connectivity index (χ1) is 11.8. The van der Waals surface area contributed by atoms with Crippen LogP contribution in [0.2, 0.25) is 0 Å². The fourth-order valence-electron chi connectivity index (χ4n) is 2.38. The van der Waals surface area contributed by atoms with Gasteiger partial charge in [0.2, 0.25) is 5.91 Å². The third-order valence-electron chi connectivity index (χ3n) is 3.51. The predicted molar refractivity (Wildman–Crippen MR) is 97.4 cm³/mol. The lowest BCUT2D eigenvalue weighted by molar-refractivity contribution is -0.136. The first-order valence-corrected chi connectivity index (χ1v) is 7.88. The highest BCUT2D eigenvalue weighted by atomic mass is 16.2. The largest absolute Gasteiger partial charge is 0.339 e. The summed E-state index contributed by atoms with van der Waals surface area (Å²) in [5.74, 6) is -2.07. The molecule has 3 amide bonds. The van der Waals surface area contributed by atoms with E-state index < -0.39 is 17.7 Å². The van der Waals surface area contributed by atoms with Crippen LogP contribution in [0.25, 0.3) is 0 Å². The molecule has 130 valence electrons. The van der Waals surface area contributed by atoms with Gasteiger partial charge in [0, 0.05) is 11.4 Å². The van der Waals surface area contributed by atoms with Gasteiger partial charge < -0.3 is 16.0 Å². The SMILES string of the molecule is Cc1cc(C)cc(NC(=O)C(=O)NCC(=O)Nc2ccccc2C)c1. The van der Waals surface area contributed by atoms with Gasteiger partial charge in [0.25, 0.3) is 0 Å². The van der Waals surface area contributed by atoms with Crippen molar-refractivity contribution >= 4 is 29.1 Å². The van der Waals surface area contributed by atoms with Crippen LogP contribution in [0.1, 0.15) is 16.7 Å². The number of para-hydroxylation sites is 1. The van der Waals surface area contributed by atoms with Gasteiger partial charge in [-0.2, -0.15) is 0 Å². The molecule has 3 N–H and O–H groups in total. The highest BCUT2D eigenvalue weighted by molar-refractivity contribution is 6.39. The zero-order valence-electron chi connectivity index (χ0n) is 14.5. The highest BCUT2D eigenvalue weighted by Gasteiger charge is 2.15. The summed E-state index contributed by atoms with van der Waals surface area (Å²) < 4.78 is 0. The molecule has 0 radical (unpaired) electrons. The van der Waals surface area contributed by atoms with E-state index >= 15 is 0 Å². The van der Waals surface area contributed by atoms with Crippen molar-refractivity contribution in [1.29, 1.82) is 0 Å². The summed E-state index contributed by atoms with van der Waals surface area (Å²) >= 11 is 0. The van der Waals surface area contributed by atoms with Gasteiger partial charge in [0.15, 0.2) is 0 Å². The van der Waals surface area contributed by atoms with Gasteiger partial charge in [-0.1, -0.05) is 24.3 Å². The maximum Gasteiger partial charge on any atom is 0.313 e. The molecule has 6 nitrogen and oxygen atoms in total. The minimum atomic E-state index is -0.862. The fourth-order valence-corrected chi connectivity index (χ4v) is 2.38. The summed E-state index contributed by atoms with van der Waals surface area (Å²) in [4.78, 5) is 35.6. The van der Waals surface area contributed by atoms with E-state index in [-0.39, 0.29) is 6.54 Å². The molecule has 0 heterocycles. The number of rotatable bonds is 4. The Morgan fingerprint density at radius 1 is 0.840 bits per heavy atom. The molecule has 2 rings (SSSR count). The smallest absolute Gasteiger partial charge is 0.313 e. The van der Waals surface area contributed by atoms with E-state index in [9.17, 15) is 14.4 Å². The molecule has 0 aliphatic carbocycles. The van der Waals surface area contributed by atoms with E-state index in [1.807, 2.05) is 39.0 Å². The molecule has 0 aromatic heterocycles. The Kier molecular flexibility index (Phi) is 5.89. The summed E-state index contributed by atoms with van der Waals surface area (Å²) in [7, 11) is 0. The average Bonchev–Trinajstić information content (AvgIpc) is 2.53. The molecular weight excluding hydrogens is 318 g/mol. The molecule has 25 heavy (non-hydrogen) atoms. The van der Waals surface area contributed by atoms with E-state index in [1.54, 1.807) is 24.3 Å². The molecule has 0 saturated heterocycles. The Bertz CT molecular complexity index is 795. The number of amides is 3. The van der Waals surface area contributed by atoms with Gasteiger partial charge in [-0.3, -0.25) is 14.4 Å². The molecule has 6 heteroatoms. The van der Waals surface area contributed by atoms with Crippen molar-refractivity contribution in [3.05, 3.63) is 59.2 Å². The van der Waals surface area contributed by atoms with Crippen LogP contribution < -0.4 is 16.0 Å². The van der Waals surface area contributed by atoms with E-state index in [4.69, 9.17) is 0 Å². The zero-order chi connectivity index (χ0) is 18.4. The summed E-state index contributed by atoms with van der Waals surface area (Å²) in [6.07, 6.45) is 0. The van der Waals surface area contributed by atoms with Gasteiger partial charge in [0.05, 0.1) is 6.54 Å². The monoisotopic (exact) mass is 339 g/mol. The molecule has 0 atom stereocenters. The summed E-state index contributed by atoms with van der Waals surface area (Å²) in [6.45, 7) is 5.39. The molecule has 0 unspecified atom stereocenters. The Balaban J connectivity index is 1.85. The zero-order valence-corrected chi connectivity index (χ0v) is 14.5. The summed E-state index contributed by atoms with van der Waals surface area (Å²) in [5.41, 5.74) is 4.08. The third-order valence-corrected chi connectivity index (χ3v) is 3.51. The molecule has 0 saturated carbocycles. The maximum atomic E-state index is 11.9. The first-order valence-electron chi connectivity index (χ1n) is 7.88. The van der Waals surface area contributed by atoms with Crippen molar-refractivity contribution in [1.82, 2.24) is 5.32 Å². The van der Waals surface area contributed by atoms with E-state index in [2.05, 4.69) is 16.0 Å². The Morgan fingerprint density at radius 2 is 1.48 bits per heavy atom. The van der Waals surface area contributed by atoms with Crippen LogP contribution in [0.5, 0.6) is 0 Å². The number of carbonyl (C=O) groups excluding carboxylic acids is 3. The lowest BCUT2D eigenvalue weighted by atomic mass is 10.1. The van der Waals surface area contributed by atoms with Crippen LogP contribution in [-0.2, 0) is 14.4 Å². The van der Waals surface area contributed by atoms with Gasteiger partial charge in [-0.15, -0.1) is 0 Å². The lowest BCUT2D eigenvalue weighted by Gasteiger charge is -2.10. The number of benzene rings is 2. The average molecular weight is 339 g/mol. The lowest BCUT2D eigenvalue weighted by Crippen LogP contribution is -2.39. The molecular formula is C19H21N3O3. The van der Waals surface area contributed by atoms with Gasteiger partial charge in [-0.05, 0) is 55.7 Å². The molecule has 2 aromatic carbocycles.